The van der Waals surface area contributed by atoms with Gasteiger partial charge in [0, 0.05) is 25.8 Å². The lowest BCUT2D eigenvalue weighted by atomic mass is 10.4. The number of rotatable bonds is 4. The molecule has 1 aliphatic rings. The van der Waals surface area contributed by atoms with Gasteiger partial charge < -0.3 is 10.3 Å². The first-order valence-electron chi connectivity index (χ1n) is 7.97. The smallest absolute Gasteiger partial charge is 0.246 e. The highest BCUT2D eigenvalue weighted by molar-refractivity contribution is 7.89. The first-order chi connectivity index (χ1) is 12.0. The van der Waals surface area contributed by atoms with Gasteiger partial charge in [0.2, 0.25) is 10.0 Å². The summed E-state index contributed by atoms with van der Waals surface area (Å²) in [6, 6.07) is 0. The molecule has 0 aliphatic carbocycles. The van der Waals surface area contributed by atoms with Crippen molar-refractivity contribution in [2.24, 2.45) is 0 Å². The fourth-order valence-electron chi connectivity index (χ4n) is 3.15. The predicted molar refractivity (Wildman–Crippen MR) is 88.9 cm³/mol. The van der Waals surface area contributed by atoms with Crippen molar-refractivity contribution in [2.75, 3.05) is 18.8 Å². The van der Waals surface area contributed by atoms with Crippen LogP contribution in [-0.4, -0.2) is 50.7 Å². The average Bonchev–Trinajstić information content (AvgIpc) is 3.33. The quantitative estimate of drug-likeness (QED) is 0.722. The first-order valence-corrected chi connectivity index (χ1v) is 9.41. The van der Waals surface area contributed by atoms with E-state index in [1.807, 2.05) is 6.92 Å². The summed E-state index contributed by atoms with van der Waals surface area (Å²) in [6.07, 6.45) is 4.62. The SMILES string of the molecule is CCn1c(-c2nonc2N)nc2cncc(S(=O)(=O)N3CCCC3)c21. The predicted octanol–water partition coefficient (Wildman–Crippen LogP) is 0.868. The van der Waals surface area contributed by atoms with E-state index in [9.17, 15) is 8.42 Å². The third-order valence-corrected chi connectivity index (χ3v) is 6.24. The Bertz CT molecular complexity index is 1030. The van der Waals surface area contributed by atoms with Crippen molar-refractivity contribution in [3.05, 3.63) is 12.4 Å². The Balaban J connectivity index is 1.98. The number of hydrogen-bond donors (Lipinski definition) is 1. The molecule has 132 valence electrons. The molecule has 0 saturated carbocycles. The van der Waals surface area contributed by atoms with Crippen LogP contribution in [-0.2, 0) is 16.6 Å². The maximum Gasteiger partial charge on any atom is 0.246 e. The number of imidazole rings is 1. The monoisotopic (exact) mass is 363 g/mol. The third kappa shape index (κ3) is 2.38. The van der Waals surface area contributed by atoms with E-state index in [1.54, 1.807) is 4.57 Å². The van der Waals surface area contributed by atoms with Crippen LogP contribution in [0.3, 0.4) is 0 Å². The summed E-state index contributed by atoms with van der Waals surface area (Å²) in [5, 5.41) is 7.35. The summed E-state index contributed by atoms with van der Waals surface area (Å²) in [7, 11) is -3.64. The molecule has 1 fully saturated rings. The second kappa shape index (κ2) is 5.77. The maximum absolute atomic E-state index is 13.1. The average molecular weight is 363 g/mol. The largest absolute Gasteiger partial charge is 0.379 e. The fraction of sp³-hybridized carbons (Fsp3) is 0.429. The number of fused-ring (bicyclic) bond motifs is 1. The number of pyridine rings is 1. The number of sulfonamides is 1. The summed E-state index contributed by atoms with van der Waals surface area (Å²) in [5.74, 6) is 0.504. The summed E-state index contributed by atoms with van der Waals surface area (Å²) >= 11 is 0. The second-order valence-electron chi connectivity index (χ2n) is 5.79. The molecule has 0 bridgehead atoms. The van der Waals surface area contributed by atoms with E-state index in [-0.39, 0.29) is 16.4 Å². The van der Waals surface area contributed by atoms with E-state index in [4.69, 9.17) is 5.73 Å². The van der Waals surface area contributed by atoms with Crippen LogP contribution < -0.4 is 5.73 Å². The molecule has 2 N–H and O–H groups in total. The molecule has 0 spiro atoms. The Morgan fingerprint density at radius 2 is 2.00 bits per heavy atom. The number of aryl methyl sites for hydroxylation is 1. The number of anilines is 1. The van der Waals surface area contributed by atoms with Crippen molar-refractivity contribution < 1.29 is 13.0 Å². The van der Waals surface area contributed by atoms with Crippen molar-refractivity contribution in [3.63, 3.8) is 0 Å². The van der Waals surface area contributed by atoms with E-state index in [2.05, 4.69) is 24.9 Å². The lowest BCUT2D eigenvalue weighted by Crippen LogP contribution is -2.28. The Labute approximate surface area is 143 Å². The Morgan fingerprint density at radius 3 is 2.64 bits per heavy atom. The van der Waals surface area contributed by atoms with Gasteiger partial charge in [0.25, 0.3) is 0 Å². The van der Waals surface area contributed by atoms with Gasteiger partial charge >= 0.3 is 0 Å². The summed E-state index contributed by atoms with van der Waals surface area (Å²) in [5.41, 5.74) is 7.00. The van der Waals surface area contributed by atoms with Gasteiger partial charge in [-0.25, -0.2) is 18.0 Å². The minimum absolute atomic E-state index is 0.0990. The molecule has 3 aromatic rings. The van der Waals surface area contributed by atoms with Gasteiger partial charge in [-0.1, -0.05) is 0 Å². The number of aromatic nitrogens is 5. The van der Waals surface area contributed by atoms with Crippen molar-refractivity contribution >= 4 is 26.9 Å². The molecule has 4 heterocycles. The van der Waals surface area contributed by atoms with Gasteiger partial charge in [0.1, 0.15) is 10.4 Å². The Kier molecular flexibility index (Phi) is 3.69. The summed E-state index contributed by atoms with van der Waals surface area (Å²) < 4.78 is 34.0. The second-order valence-corrected chi connectivity index (χ2v) is 7.70. The highest BCUT2D eigenvalue weighted by Crippen LogP contribution is 2.31. The standard InChI is InChI=1S/C14H17N7O3S/c1-2-21-12-9(17-14(21)11-13(15)19-24-18-11)7-16-8-10(12)25(22,23)20-5-3-4-6-20/h7-8H,2-6H2,1H3,(H2,15,19). The lowest BCUT2D eigenvalue weighted by Gasteiger charge is -2.16. The molecule has 0 amide bonds. The molecule has 0 atom stereocenters. The van der Waals surface area contributed by atoms with Gasteiger partial charge in [0.05, 0.1) is 11.7 Å². The Hall–Kier alpha value is -2.53. The van der Waals surface area contributed by atoms with Crippen LogP contribution in [0, 0.1) is 0 Å². The molecule has 1 saturated heterocycles. The van der Waals surface area contributed by atoms with Gasteiger partial charge in [-0.05, 0) is 30.1 Å². The van der Waals surface area contributed by atoms with Gasteiger partial charge in [-0.15, -0.1) is 0 Å². The normalized spacial score (nSPS) is 16.0. The summed E-state index contributed by atoms with van der Waals surface area (Å²) in [6.45, 7) is 3.41. The topological polar surface area (TPSA) is 133 Å². The number of nitrogens with two attached hydrogens (primary N) is 1. The summed E-state index contributed by atoms with van der Waals surface area (Å²) in [4.78, 5) is 8.67. The van der Waals surface area contributed by atoms with Gasteiger partial charge in [0.15, 0.2) is 17.3 Å². The fourth-order valence-corrected chi connectivity index (χ4v) is 4.82. The van der Waals surface area contributed by atoms with Crippen LogP contribution in [0.4, 0.5) is 5.82 Å². The molecule has 10 nitrogen and oxygen atoms in total. The highest BCUT2D eigenvalue weighted by atomic mass is 32.2. The third-order valence-electron chi connectivity index (χ3n) is 4.34. The molecular weight excluding hydrogens is 346 g/mol. The maximum atomic E-state index is 13.1. The molecule has 1 aliphatic heterocycles. The van der Waals surface area contributed by atoms with Crippen molar-refractivity contribution in [3.8, 4) is 11.5 Å². The van der Waals surface area contributed by atoms with Crippen molar-refractivity contribution in [2.45, 2.75) is 31.2 Å². The highest BCUT2D eigenvalue weighted by Gasteiger charge is 2.31. The van der Waals surface area contributed by atoms with Crippen LogP contribution in [0.5, 0.6) is 0 Å². The zero-order valence-electron chi connectivity index (χ0n) is 13.6. The minimum Gasteiger partial charge on any atom is -0.379 e. The minimum atomic E-state index is -3.64. The zero-order valence-corrected chi connectivity index (χ0v) is 14.4. The van der Waals surface area contributed by atoms with E-state index >= 15 is 0 Å². The molecule has 0 radical (unpaired) electrons. The van der Waals surface area contributed by atoms with Gasteiger partial charge in [-0.3, -0.25) is 4.98 Å². The number of hydrogen-bond acceptors (Lipinski definition) is 8. The van der Waals surface area contributed by atoms with Crippen LogP contribution in [0.1, 0.15) is 19.8 Å². The lowest BCUT2D eigenvalue weighted by molar-refractivity contribution is 0.310. The van der Waals surface area contributed by atoms with Crippen LogP contribution in [0.2, 0.25) is 0 Å². The Morgan fingerprint density at radius 1 is 1.24 bits per heavy atom. The molecule has 25 heavy (non-hydrogen) atoms. The molecule has 4 rings (SSSR count). The first kappa shape index (κ1) is 16.0. The van der Waals surface area contributed by atoms with Crippen LogP contribution in [0.25, 0.3) is 22.6 Å². The van der Waals surface area contributed by atoms with E-state index in [0.717, 1.165) is 12.8 Å². The molecule has 0 aromatic carbocycles. The van der Waals surface area contributed by atoms with Gasteiger partial charge in [-0.2, -0.15) is 4.31 Å². The van der Waals surface area contributed by atoms with Crippen molar-refractivity contribution in [1.82, 2.24) is 29.2 Å². The van der Waals surface area contributed by atoms with Crippen LogP contribution >= 0.6 is 0 Å². The molecule has 3 aromatic heterocycles. The molecule has 0 unspecified atom stereocenters. The van der Waals surface area contributed by atoms with E-state index < -0.39 is 10.0 Å². The molecule has 11 heteroatoms. The van der Waals surface area contributed by atoms with E-state index in [1.165, 1.54) is 16.7 Å². The number of nitrogens with zero attached hydrogens (tertiary/aromatic N) is 6. The van der Waals surface area contributed by atoms with Crippen LogP contribution in [0.15, 0.2) is 21.9 Å². The van der Waals surface area contributed by atoms with E-state index in [0.29, 0.717) is 36.5 Å². The zero-order chi connectivity index (χ0) is 17.6. The molecular formula is C14H17N7O3S. The number of nitrogen functional groups attached to an aromatic ring is 1. The van der Waals surface area contributed by atoms with Crippen molar-refractivity contribution in [1.29, 1.82) is 0 Å².